The van der Waals surface area contributed by atoms with Crippen LogP contribution in [0.1, 0.15) is 59.2 Å². The highest BCUT2D eigenvalue weighted by Crippen LogP contribution is 2.62. The SMILES string of the molecule is CC1=C(c2csc(-c3sc(C)c4c3CC(C)(C)CC4=O)n2)P(=O)(O)c2ccccc21. The standard InChI is InChI=1S/C23H22NO3PS2/c1-12-14-7-5-6-8-18(14)28(26,27)20(12)16-11-29-22(24-16)21-15-9-23(3,4)10-17(25)19(15)13(2)30-21/h5-8,11H,9-10H2,1-4H3,(H,26,27). The van der Waals surface area contributed by atoms with Crippen LogP contribution in [-0.4, -0.2) is 15.7 Å². The fraction of sp³-hybridized carbons (Fsp3) is 0.304. The summed E-state index contributed by atoms with van der Waals surface area (Å²) >= 11 is 3.09. The molecule has 7 heteroatoms. The number of fused-ring (bicyclic) bond motifs is 2. The Morgan fingerprint density at radius 2 is 1.90 bits per heavy atom. The van der Waals surface area contributed by atoms with E-state index in [0.29, 0.717) is 22.7 Å². The first-order valence-electron chi connectivity index (χ1n) is 9.86. The maximum absolute atomic E-state index is 13.3. The number of carbonyl (C=O) groups is 1. The molecule has 0 amide bonds. The zero-order chi connectivity index (χ0) is 21.4. The van der Waals surface area contributed by atoms with Crippen molar-refractivity contribution in [1.29, 1.82) is 0 Å². The summed E-state index contributed by atoms with van der Waals surface area (Å²) in [7, 11) is -3.67. The summed E-state index contributed by atoms with van der Waals surface area (Å²) < 4.78 is 13.3. The highest BCUT2D eigenvalue weighted by Gasteiger charge is 2.40. The second-order valence-corrected chi connectivity index (χ2v) is 13.1. The van der Waals surface area contributed by atoms with Gasteiger partial charge in [0.2, 0.25) is 0 Å². The van der Waals surface area contributed by atoms with Crippen molar-refractivity contribution in [3.05, 3.63) is 56.9 Å². The van der Waals surface area contributed by atoms with Crippen molar-refractivity contribution in [2.24, 2.45) is 5.41 Å². The second-order valence-electron chi connectivity index (χ2n) is 8.89. The largest absolute Gasteiger partial charge is 0.338 e. The number of hydrogen-bond acceptors (Lipinski definition) is 5. The molecule has 0 bridgehead atoms. The van der Waals surface area contributed by atoms with Gasteiger partial charge in [-0.15, -0.1) is 22.7 Å². The van der Waals surface area contributed by atoms with Gasteiger partial charge in [-0.2, -0.15) is 0 Å². The van der Waals surface area contributed by atoms with E-state index in [1.807, 2.05) is 31.4 Å². The molecule has 1 N–H and O–H groups in total. The topological polar surface area (TPSA) is 67.3 Å². The molecule has 0 saturated heterocycles. The van der Waals surface area contributed by atoms with Crippen LogP contribution in [0.15, 0.2) is 29.6 Å². The molecule has 0 spiro atoms. The molecule has 30 heavy (non-hydrogen) atoms. The number of allylic oxidation sites excluding steroid dienone is 1. The molecular weight excluding hydrogens is 433 g/mol. The van der Waals surface area contributed by atoms with Crippen LogP contribution in [0.4, 0.5) is 0 Å². The lowest BCUT2D eigenvalue weighted by Gasteiger charge is -2.29. The van der Waals surface area contributed by atoms with Crippen molar-refractivity contribution in [3.63, 3.8) is 0 Å². The molecule has 3 aromatic rings. The predicted octanol–water partition coefficient (Wildman–Crippen LogP) is 6.13. The van der Waals surface area contributed by atoms with E-state index in [-0.39, 0.29) is 11.2 Å². The third-order valence-corrected chi connectivity index (χ3v) is 10.3. The van der Waals surface area contributed by atoms with Crippen molar-refractivity contribution < 1.29 is 14.3 Å². The molecular formula is C23H22NO3PS2. The number of Topliss-reactive ketones (excluding diaryl/α,β-unsaturated/α-hetero) is 1. The Kier molecular flexibility index (Phi) is 4.40. The third kappa shape index (κ3) is 2.85. The van der Waals surface area contributed by atoms with E-state index in [1.54, 1.807) is 23.5 Å². The van der Waals surface area contributed by atoms with Gasteiger partial charge in [-0.3, -0.25) is 9.36 Å². The highest BCUT2D eigenvalue weighted by molar-refractivity contribution is 7.77. The first-order valence-corrected chi connectivity index (χ1v) is 13.2. The Hall–Kier alpha value is -1.85. The summed E-state index contributed by atoms with van der Waals surface area (Å²) in [6.07, 6.45) is 1.41. The molecule has 2 aliphatic rings. The third-order valence-electron chi connectivity index (χ3n) is 5.99. The minimum atomic E-state index is -3.67. The number of benzene rings is 1. The van der Waals surface area contributed by atoms with Crippen LogP contribution in [0, 0.1) is 12.3 Å². The zero-order valence-corrected chi connectivity index (χ0v) is 19.8. The Labute approximate surface area is 183 Å². The summed E-state index contributed by atoms with van der Waals surface area (Å²) in [5.74, 6) is 0.211. The molecule has 0 radical (unpaired) electrons. The maximum atomic E-state index is 13.3. The van der Waals surface area contributed by atoms with E-state index in [2.05, 4.69) is 13.8 Å². The Bertz CT molecular complexity index is 1310. The van der Waals surface area contributed by atoms with Gasteiger partial charge in [-0.25, -0.2) is 4.98 Å². The van der Waals surface area contributed by atoms with Crippen LogP contribution < -0.4 is 5.30 Å². The van der Waals surface area contributed by atoms with Crippen molar-refractivity contribution >= 4 is 52.0 Å². The summed E-state index contributed by atoms with van der Waals surface area (Å²) in [6.45, 7) is 8.15. The van der Waals surface area contributed by atoms with Gasteiger partial charge < -0.3 is 4.89 Å². The molecule has 4 nitrogen and oxygen atoms in total. The number of thiazole rings is 1. The van der Waals surface area contributed by atoms with Gasteiger partial charge in [0.1, 0.15) is 5.01 Å². The molecule has 154 valence electrons. The second kappa shape index (κ2) is 6.57. The molecule has 1 atom stereocenters. The molecule has 1 aromatic carbocycles. The smallest absolute Gasteiger partial charge is 0.261 e. The van der Waals surface area contributed by atoms with Crippen molar-refractivity contribution in [1.82, 2.24) is 4.98 Å². The summed E-state index contributed by atoms with van der Waals surface area (Å²) in [6, 6.07) is 7.30. The monoisotopic (exact) mass is 455 g/mol. The van der Waals surface area contributed by atoms with Gasteiger partial charge in [-0.1, -0.05) is 32.0 Å². The average Bonchev–Trinajstić information content (AvgIpc) is 3.29. The molecule has 1 unspecified atom stereocenters. The fourth-order valence-electron chi connectivity index (χ4n) is 4.73. The molecule has 2 aromatic heterocycles. The molecule has 1 aliphatic carbocycles. The first-order chi connectivity index (χ1) is 14.1. The molecule has 0 saturated carbocycles. The first kappa shape index (κ1) is 20.1. The minimum Gasteiger partial charge on any atom is -0.338 e. The van der Waals surface area contributed by atoms with Crippen LogP contribution >= 0.6 is 30.0 Å². The van der Waals surface area contributed by atoms with Gasteiger partial charge in [0.25, 0.3) is 7.37 Å². The lowest BCUT2D eigenvalue weighted by Crippen LogP contribution is -2.26. The number of rotatable bonds is 2. The van der Waals surface area contributed by atoms with Crippen molar-refractivity contribution in [2.45, 2.75) is 40.5 Å². The zero-order valence-electron chi connectivity index (χ0n) is 17.3. The lowest BCUT2D eigenvalue weighted by molar-refractivity contribution is 0.0913. The lowest BCUT2D eigenvalue weighted by atomic mass is 9.74. The number of ketones is 1. The fourth-order valence-corrected chi connectivity index (χ4v) is 9.03. The van der Waals surface area contributed by atoms with Crippen LogP contribution in [0.5, 0.6) is 0 Å². The van der Waals surface area contributed by atoms with Gasteiger partial charge in [0.05, 0.1) is 15.9 Å². The van der Waals surface area contributed by atoms with E-state index in [4.69, 9.17) is 4.98 Å². The van der Waals surface area contributed by atoms with Crippen LogP contribution in [0.25, 0.3) is 20.8 Å². The number of hydrogen-bond donors (Lipinski definition) is 1. The Morgan fingerprint density at radius 1 is 1.17 bits per heavy atom. The van der Waals surface area contributed by atoms with Gasteiger partial charge in [0, 0.05) is 27.5 Å². The minimum absolute atomic E-state index is 0.0700. The van der Waals surface area contributed by atoms with E-state index in [0.717, 1.165) is 43.4 Å². The summed E-state index contributed by atoms with van der Waals surface area (Å²) in [5.41, 5.74) is 4.09. The quantitative estimate of drug-likeness (QED) is 0.472. The van der Waals surface area contributed by atoms with E-state index in [1.165, 1.54) is 11.3 Å². The molecule has 3 heterocycles. The number of aryl methyl sites for hydroxylation is 1. The summed E-state index contributed by atoms with van der Waals surface area (Å²) in [5, 5.41) is 3.62. The number of nitrogens with zero attached hydrogens (tertiary/aromatic N) is 1. The van der Waals surface area contributed by atoms with Gasteiger partial charge in [-0.05, 0) is 48.4 Å². The normalized spacial score (nSPS) is 22.4. The van der Waals surface area contributed by atoms with E-state index < -0.39 is 7.37 Å². The Balaban J connectivity index is 1.63. The summed E-state index contributed by atoms with van der Waals surface area (Å²) in [4.78, 5) is 30.6. The predicted molar refractivity (Wildman–Crippen MR) is 125 cm³/mol. The van der Waals surface area contributed by atoms with E-state index in [9.17, 15) is 14.3 Å². The number of aromatic nitrogens is 1. The van der Waals surface area contributed by atoms with Crippen LogP contribution in [-0.2, 0) is 11.0 Å². The van der Waals surface area contributed by atoms with Crippen LogP contribution in [0.2, 0.25) is 0 Å². The highest BCUT2D eigenvalue weighted by atomic mass is 32.1. The number of carbonyl (C=O) groups excluding carboxylic acids is 1. The van der Waals surface area contributed by atoms with Crippen molar-refractivity contribution in [3.8, 4) is 9.88 Å². The molecule has 5 rings (SSSR count). The van der Waals surface area contributed by atoms with Crippen molar-refractivity contribution in [2.75, 3.05) is 0 Å². The Morgan fingerprint density at radius 3 is 2.63 bits per heavy atom. The van der Waals surface area contributed by atoms with E-state index >= 15 is 0 Å². The molecule has 1 aliphatic heterocycles. The number of thiophene rings is 1. The van der Waals surface area contributed by atoms with Gasteiger partial charge >= 0.3 is 0 Å². The molecule has 0 fully saturated rings. The maximum Gasteiger partial charge on any atom is 0.261 e. The van der Waals surface area contributed by atoms with Gasteiger partial charge in [0.15, 0.2) is 5.78 Å². The average molecular weight is 456 g/mol. The van der Waals surface area contributed by atoms with Crippen LogP contribution in [0.3, 0.4) is 0 Å².